The summed E-state index contributed by atoms with van der Waals surface area (Å²) in [6, 6.07) is 2.85. The Hall–Kier alpha value is -0.960. The summed E-state index contributed by atoms with van der Waals surface area (Å²) in [5.41, 5.74) is 0.431. The van der Waals surface area contributed by atoms with E-state index in [4.69, 9.17) is 21.1 Å². The van der Waals surface area contributed by atoms with Crippen LogP contribution in [-0.4, -0.2) is 6.79 Å². The van der Waals surface area contributed by atoms with Crippen molar-refractivity contribution in [1.82, 2.24) is 0 Å². The Morgan fingerprint density at radius 3 is 2.67 bits per heavy atom. The number of halogens is 2. The quantitative estimate of drug-likeness (QED) is 0.630. The molecule has 0 saturated heterocycles. The molecule has 0 radical (unpaired) electrons. The van der Waals surface area contributed by atoms with Crippen LogP contribution in [0.25, 0.3) is 0 Å². The van der Waals surface area contributed by atoms with Gasteiger partial charge in [0.05, 0.1) is 5.88 Å². The highest BCUT2D eigenvalue weighted by atomic mass is 35.5. The van der Waals surface area contributed by atoms with Gasteiger partial charge in [-0.05, 0) is 6.07 Å². The van der Waals surface area contributed by atoms with Gasteiger partial charge in [0.15, 0.2) is 11.5 Å². The van der Waals surface area contributed by atoms with Crippen LogP contribution in [0.1, 0.15) is 5.56 Å². The van der Waals surface area contributed by atoms with E-state index in [1.165, 1.54) is 6.07 Å². The summed E-state index contributed by atoms with van der Waals surface area (Å²) in [7, 11) is 0. The Labute approximate surface area is 73.9 Å². The zero-order valence-electron chi connectivity index (χ0n) is 6.14. The lowest BCUT2D eigenvalue weighted by Gasteiger charge is -2.00. The topological polar surface area (TPSA) is 18.5 Å². The van der Waals surface area contributed by atoms with E-state index >= 15 is 0 Å². The van der Waals surface area contributed by atoms with E-state index in [1.807, 2.05) is 0 Å². The average Bonchev–Trinajstić information content (AvgIpc) is 2.49. The van der Waals surface area contributed by atoms with Crippen molar-refractivity contribution in [2.75, 3.05) is 6.79 Å². The zero-order chi connectivity index (χ0) is 8.55. The van der Waals surface area contributed by atoms with Crippen molar-refractivity contribution in [3.8, 4) is 11.5 Å². The predicted octanol–water partition coefficient (Wildman–Crippen LogP) is 2.29. The molecule has 2 nitrogen and oxygen atoms in total. The third-order valence-corrected chi connectivity index (χ3v) is 1.97. The highest BCUT2D eigenvalue weighted by molar-refractivity contribution is 6.17. The fourth-order valence-electron chi connectivity index (χ4n) is 1.06. The summed E-state index contributed by atoms with van der Waals surface area (Å²) in [5.74, 6) is 0.797. The largest absolute Gasteiger partial charge is 0.454 e. The number of ether oxygens (including phenoxy) is 2. The standard InChI is InChI=1S/C8H6ClFO2/c9-3-5-1-7-8(2-6(5)10)12-4-11-7/h1-2H,3-4H2. The summed E-state index contributed by atoms with van der Waals surface area (Å²) in [4.78, 5) is 0. The van der Waals surface area contributed by atoms with Crippen LogP contribution in [0.3, 0.4) is 0 Å². The summed E-state index contributed by atoms with van der Waals surface area (Å²) in [5, 5.41) is 0. The fraction of sp³-hybridized carbons (Fsp3) is 0.250. The maximum Gasteiger partial charge on any atom is 0.231 e. The van der Waals surface area contributed by atoms with Gasteiger partial charge in [-0.25, -0.2) is 4.39 Å². The van der Waals surface area contributed by atoms with E-state index in [0.29, 0.717) is 17.1 Å². The van der Waals surface area contributed by atoms with Crippen molar-refractivity contribution in [3.05, 3.63) is 23.5 Å². The van der Waals surface area contributed by atoms with Gasteiger partial charge in [0.2, 0.25) is 6.79 Å². The first-order chi connectivity index (χ1) is 5.81. The molecule has 0 aromatic heterocycles. The van der Waals surface area contributed by atoms with E-state index in [1.54, 1.807) is 6.07 Å². The van der Waals surface area contributed by atoms with Gasteiger partial charge in [-0.1, -0.05) is 0 Å². The molecule has 0 saturated carbocycles. The van der Waals surface area contributed by atoms with Crippen LogP contribution >= 0.6 is 11.6 Å². The van der Waals surface area contributed by atoms with E-state index in [9.17, 15) is 4.39 Å². The number of benzene rings is 1. The van der Waals surface area contributed by atoms with Gasteiger partial charge in [-0.2, -0.15) is 0 Å². The molecule has 64 valence electrons. The van der Waals surface area contributed by atoms with E-state index in [0.717, 1.165) is 0 Å². The van der Waals surface area contributed by atoms with Crippen LogP contribution in [0.4, 0.5) is 4.39 Å². The lowest BCUT2D eigenvalue weighted by atomic mass is 10.2. The van der Waals surface area contributed by atoms with Crippen LogP contribution in [-0.2, 0) is 5.88 Å². The molecule has 1 heterocycles. The number of alkyl halides is 1. The summed E-state index contributed by atoms with van der Waals surface area (Å²) in [6.45, 7) is 0.153. The van der Waals surface area contributed by atoms with Gasteiger partial charge in [-0.15, -0.1) is 11.6 Å². The molecule has 0 atom stereocenters. The Kier molecular flexibility index (Phi) is 1.81. The second-order valence-corrected chi connectivity index (χ2v) is 2.70. The number of hydrogen-bond donors (Lipinski definition) is 0. The molecule has 4 heteroatoms. The molecule has 1 aromatic rings. The molecule has 1 aromatic carbocycles. The van der Waals surface area contributed by atoms with Crippen molar-refractivity contribution in [1.29, 1.82) is 0 Å². The third-order valence-electron chi connectivity index (χ3n) is 1.69. The Bertz CT molecular complexity index is 313. The molecule has 0 amide bonds. The van der Waals surface area contributed by atoms with E-state index < -0.39 is 0 Å². The van der Waals surface area contributed by atoms with Crippen LogP contribution in [0.2, 0.25) is 0 Å². The first-order valence-corrected chi connectivity index (χ1v) is 3.98. The first-order valence-electron chi connectivity index (χ1n) is 3.45. The molecule has 0 unspecified atom stereocenters. The van der Waals surface area contributed by atoms with Gasteiger partial charge >= 0.3 is 0 Å². The summed E-state index contributed by atoms with van der Waals surface area (Å²) >= 11 is 5.50. The van der Waals surface area contributed by atoms with Crippen molar-refractivity contribution in [2.24, 2.45) is 0 Å². The van der Waals surface area contributed by atoms with Crippen molar-refractivity contribution < 1.29 is 13.9 Å². The van der Waals surface area contributed by atoms with Crippen LogP contribution in [0.5, 0.6) is 11.5 Å². The van der Waals surface area contributed by atoms with Crippen molar-refractivity contribution in [2.45, 2.75) is 5.88 Å². The summed E-state index contributed by atoms with van der Waals surface area (Å²) < 4.78 is 23.0. The van der Waals surface area contributed by atoms with Gasteiger partial charge < -0.3 is 9.47 Å². The third kappa shape index (κ3) is 1.10. The predicted molar refractivity (Wildman–Crippen MR) is 42.1 cm³/mol. The molecule has 1 aliphatic heterocycles. The Morgan fingerprint density at radius 2 is 2.00 bits per heavy atom. The number of hydrogen-bond acceptors (Lipinski definition) is 2. The second kappa shape index (κ2) is 2.83. The van der Waals surface area contributed by atoms with E-state index in [2.05, 4.69) is 0 Å². The van der Waals surface area contributed by atoms with Gasteiger partial charge in [0.25, 0.3) is 0 Å². The minimum Gasteiger partial charge on any atom is -0.454 e. The van der Waals surface area contributed by atoms with Crippen molar-refractivity contribution in [3.63, 3.8) is 0 Å². The molecule has 1 aliphatic rings. The molecule has 0 bridgehead atoms. The van der Waals surface area contributed by atoms with Crippen LogP contribution < -0.4 is 9.47 Å². The lowest BCUT2D eigenvalue weighted by Crippen LogP contribution is -1.92. The highest BCUT2D eigenvalue weighted by Gasteiger charge is 2.16. The molecule has 12 heavy (non-hydrogen) atoms. The molecule has 2 rings (SSSR count). The molecule has 0 spiro atoms. The smallest absolute Gasteiger partial charge is 0.231 e. The lowest BCUT2D eigenvalue weighted by molar-refractivity contribution is 0.174. The van der Waals surface area contributed by atoms with Gasteiger partial charge in [0, 0.05) is 11.6 Å². The number of rotatable bonds is 1. The molecule has 0 N–H and O–H groups in total. The molecule has 0 aliphatic carbocycles. The second-order valence-electron chi connectivity index (χ2n) is 2.43. The minimum atomic E-state index is -0.353. The Balaban J connectivity index is 2.49. The van der Waals surface area contributed by atoms with Crippen LogP contribution in [0, 0.1) is 5.82 Å². The normalized spacial score (nSPS) is 13.5. The fourth-order valence-corrected chi connectivity index (χ4v) is 1.27. The maximum absolute atomic E-state index is 13.0. The van der Waals surface area contributed by atoms with Gasteiger partial charge in [-0.3, -0.25) is 0 Å². The SMILES string of the molecule is Fc1cc2c(cc1CCl)OCO2. The Morgan fingerprint density at radius 1 is 1.33 bits per heavy atom. The first kappa shape index (κ1) is 7.68. The average molecular weight is 189 g/mol. The minimum absolute atomic E-state index is 0.141. The highest BCUT2D eigenvalue weighted by Crippen LogP contribution is 2.34. The zero-order valence-corrected chi connectivity index (χ0v) is 6.90. The van der Waals surface area contributed by atoms with Crippen molar-refractivity contribution >= 4 is 11.6 Å². The van der Waals surface area contributed by atoms with Crippen LogP contribution in [0.15, 0.2) is 12.1 Å². The van der Waals surface area contributed by atoms with E-state index in [-0.39, 0.29) is 18.5 Å². The molecular formula is C8H6ClFO2. The number of fused-ring (bicyclic) bond motifs is 1. The summed E-state index contributed by atoms with van der Waals surface area (Å²) in [6.07, 6.45) is 0. The monoisotopic (exact) mass is 188 g/mol. The maximum atomic E-state index is 13.0. The molecular weight excluding hydrogens is 183 g/mol. The van der Waals surface area contributed by atoms with Gasteiger partial charge in [0.1, 0.15) is 5.82 Å². The molecule has 0 fully saturated rings.